The molecule has 0 spiro atoms. The number of aromatic nitrogens is 1. The van der Waals surface area contributed by atoms with Gasteiger partial charge in [-0.3, -0.25) is 9.78 Å². The van der Waals surface area contributed by atoms with Crippen molar-refractivity contribution < 1.29 is 23.5 Å². The summed E-state index contributed by atoms with van der Waals surface area (Å²) in [5, 5.41) is 3.02. The topological polar surface area (TPSA) is 77.5 Å². The number of ether oxygens (including phenoxy) is 2. The van der Waals surface area contributed by atoms with Crippen molar-refractivity contribution in [1.29, 1.82) is 0 Å². The van der Waals surface area contributed by atoms with Gasteiger partial charge in [-0.15, -0.1) is 0 Å². The SMILES string of the molecule is CCOC(=O)N[C@@H]1CC[C@@H]2[C@@H](C1)C[C@H]1C(=O)O[C@H](C)[C@H]1[C@H]2CCc1ccc(-c2cccc(F)c2)cn1. The Labute approximate surface area is 212 Å². The molecule has 0 unspecified atom stereocenters. The Hall–Kier alpha value is -2.96. The highest BCUT2D eigenvalue weighted by Gasteiger charge is 2.55. The Kier molecular flexibility index (Phi) is 7.26. The Morgan fingerprint density at radius 2 is 2.06 bits per heavy atom. The number of amides is 1. The Morgan fingerprint density at radius 3 is 2.81 bits per heavy atom. The maximum absolute atomic E-state index is 13.6. The Bertz CT molecular complexity index is 1090. The number of aryl methyl sites for hydroxylation is 1. The summed E-state index contributed by atoms with van der Waals surface area (Å²) in [6, 6.07) is 10.7. The van der Waals surface area contributed by atoms with Crippen LogP contribution in [0.5, 0.6) is 0 Å². The van der Waals surface area contributed by atoms with Crippen LogP contribution in [-0.4, -0.2) is 35.8 Å². The van der Waals surface area contributed by atoms with E-state index in [1.165, 1.54) is 12.1 Å². The number of nitrogens with zero attached hydrogens (tertiary/aromatic N) is 1. The van der Waals surface area contributed by atoms with E-state index in [1.807, 2.05) is 31.3 Å². The molecule has 3 aliphatic rings. The van der Waals surface area contributed by atoms with Crippen LogP contribution in [0.15, 0.2) is 42.6 Å². The molecule has 0 radical (unpaired) electrons. The molecule has 5 rings (SSSR count). The van der Waals surface area contributed by atoms with Crippen LogP contribution in [0.3, 0.4) is 0 Å². The average molecular weight is 495 g/mol. The number of benzene rings is 1. The summed E-state index contributed by atoms with van der Waals surface area (Å²) < 4.78 is 24.4. The molecule has 1 aromatic heterocycles. The van der Waals surface area contributed by atoms with E-state index in [4.69, 9.17) is 9.47 Å². The van der Waals surface area contributed by atoms with E-state index in [-0.39, 0.29) is 41.9 Å². The number of nitrogens with one attached hydrogen (secondary N) is 1. The number of hydrogen-bond acceptors (Lipinski definition) is 5. The quantitative estimate of drug-likeness (QED) is 0.533. The monoisotopic (exact) mass is 494 g/mol. The third-order valence-electron chi connectivity index (χ3n) is 8.57. The zero-order valence-corrected chi connectivity index (χ0v) is 21.0. The van der Waals surface area contributed by atoms with Gasteiger partial charge in [-0.2, -0.15) is 0 Å². The first-order valence-corrected chi connectivity index (χ1v) is 13.3. The van der Waals surface area contributed by atoms with Crippen LogP contribution in [0.4, 0.5) is 9.18 Å². The number of hydrogen-bond donors (Lipinski definition) is 1. The molecule has 36 heavy (non-hydrogen) atoms. The molecule has 7 heteroatoms. The van der Waals surface area contributed by atoms with E-state index in [2.05, 4.69) is 10.3 Å². The predicted octanol–water partition coefficient (Wildman–Crippen LogP) is 5.55. The molecule has 2 heterocycles. The Morgan fingerprint density at radius 1 is 1.19 bits per heavy atom. The number of cyclic esters (lactones) is 1. The molecule has 192 valence electrons. The second-order valence-electron chi connectivity index (χ2n) is 10.6. The lowest BCUT2D eigenvalue weighted by Crippen LogP contribution is -2.49. The van der Waals surface area contributed by atoms with Crippen molar-refractivity contribution in [1.82, 2.24) is 10.3 Å². The van der Waals surface area contributed by atoms with Gasteiger partial charge >= 0.3 is 12.1 Å². The van der Waals surface area contributed by atoms with Crippen LogP contribution in [0.1, 0.15) is 51.6 Å². The summed E-state index contributed by atoms with van der Waals surface area (Å²) in [6.07, 6.45) is 6.85. The van der Waals surface area contributed by atoms with Crippen LogP contribution in [0.2, 0.25) is 0 Å². The van der Waals surface area contributed by atoms with Crippen molar-refractivity contribution in [2.45, 2.75) is 64.5 Å². The van der Waals surface area contributed by atoms with Crippen molar-refractivity contribution in [2.75, 3.05) is 6.61 Å². The highest BCUT2D eigenvalue weighted by Crippen LogP contribution is 2.54. The molecule has 1 amide bonds. The normalized spacial score (nSPS) is 31.2. The fourth-order valence-electron chi connectivity index (χ4n) is 7.07. The van der Waals surface area contributed by atoms with Gasteiger partial charge in [0.05, 0.1) is 12.5 Å². The molecule has 3 fully saturated rings. The molecular weight excluding hydrogens is 459 g/mol. The highest BCUT2D eigenvalue weighted by molar-refractivity contribution is 5.75. The lowest BCUT2D eigenvalue weighted by Gasteiger charge is -2.48. The summed E-state index contributed by atoms with van der Waals surface area (Å²) in [4.78, 5) is 29.3. The first-order chi connectivity index (χ1) is 17.4. The van der Waals surface area contributed by atoms with Gasteiger partial charge in [0.15, 0.2) is 0 Å². The first kappa shape index (κ1) is 24.7. The Balaban J connectivity index is 1.28. The molecule has 1 N–H and O–H groups in total. The second-order valence-corrected chi connectivity index (χ2v) is 10.6. The van der Waals surface area contributed by atoms with Gasteiger partial charge in [0, 0.05) is 29.4 Å². The molecule has 0 bridgehead atoms. The maximum atomic E-state index is 13.6. The van der Waals surface area contributed by atoms with Crippen molar-refractivity contribution in [3.05, 3.63) is 54.1 Å². The zero-order valence-electron chi connectivity index (χ0n) is 21.0. The van der Waals surface area contributed by atoms with Gasteiger partial charge < -0.3 is 14.8 Å². The largest absolute Gasteiger partial charge is 0.462 e. The zero-order chi connectivity index (χ0) is 25.2. The predicted molar refractivity (Wildman–Crippen MR) is 133 cm³/mol. The van der Waals surface area contributed by atoms with Crippen molar-refractivity contribution in [3.63, 3.8) is 0 Å². The highest BCUT2D eigenvalue weighted by atomic mass is 19.1. The third-order valence-corrected chi connectivity index (χ3v) is 8.57. The number of carbonyl (C=O) groups excluding carboxylic acids is 2. The van der Waals surface area contributed by atoms with Crippen molar-refractivity contribution >= 4 is 12.1 Å². The van der Waals surface area contributed by atoms with Gasteiger partial charge in [-0.05, 0) is 93.9 Å². The molecule has 1 aromatic carbocycles. The molecule has 2 aromatic rings. The smallest absolute Gasteiger partial charge is 0.407 e. The minimum absolute atomic E-state index is 0.0593. The summed E-state index contributed by atoms with van der Waals surface area (Å²) in [5.41, 5.74) is 2.71. The average Bonchev–Trinajstić information content (AvgIpc) is 3.15. The maximum Gasteiger partial charge on any atom is 0.407 e. The molecule has 7 atom stereocenters. The molecule has 1 saturated heterocycles. The second kappa shape index (κ2) is 10.6. The van der Waals surface area contributed by atoms with E-state index < -0.39 is 0 Å². The number of pyridine rings is 1. The molecular formula is C29H35FN2O4. The van der Waals surface area contributed by atoms with Gasteiger partial charge in [0.25, 0.3) is 0 Å². The van der Waals surface area contributed by atoms with Gasteiger partial charge in [-0.25, -0.2) is 9.18 Å². The molecule has 1 aliphatic heterocycles. The van der Waals surface area contributed by atoms with Crippen LogP contribution < -0.4 is 5.32 Å². The standard InChI is InChI=1S/C29H35FN2O4/c1-3-35-29(34)32-23-10-11-24-20(14-23)15-26-27(17(2)36-28(26)33)25(24)12-9-22-8-7-19(16-31-22)18-5-4-6-21(30)13-18/h4-8,13,16-17,20,23-27H,3,9-12,14-15H2,1-2H3,(H,32,34)/t17-,20+,23-,24-,25+,26-,27+/m1/s1. The fourth-order valence-corrected chi connectivity index (χ4v) is 7.07. The summed E-state index contributed by atoms with van der Waals surface area (Å²) in [5.74, 6) is 1.13. The minimum Gasteiger partial charge on any atom is -0.462 e. The van der Waals surface area contributed by atoms with E-state index in [9.17, 15) is 14.0 Å². The van der Waals surface area contributed by atoms with E-state index in [1.54, 1.807) is 13.0 Å². The van der Waals surface area contributed by atoms with Crippen LogP contribution in [0, 0.1) is 35.4 Å². The number of carbonyl (C=O) groups is 2. The summed E-state index contributed by atoms with van der Waals surface area (Å²) >= 11 is 0. The number of rotatable bonds is 6. The van der Waals surface area contributed by atoms with Crippen LogP contribution in [0.25, 0.3) is 11.1 Å². The first-order valence-electron chi connectivity index (χ1n) is 13.3. The van der Waals surface area contributed by atoms with Gasteiger partial charge in [-0.1, -0.05) is 18.2 Å². The van der Waals surface area contributed by atoms with Crippen LogP contribution in [-0.2, 0) is 20.7 Å². The lowest BCUT2D eigenvalue weighted by molar-refractivity contribution is -0.144. The number of alkyl carbamates (subject to hydrolysis) is 1. The summed E-state index contributed by atoms with van der Waals surface area (Å²) in [7, 11) is 0. The van der Waals surface area contributed by atoms with Gasteiger partial charge in [0.1, 0.15) is 11.9 Å². The molecule has 2 aliphatic carbocycles. The lowest BCUT2D eigenvalue weighted by atomic mass is 9.56. The van der Waals surface area contributed by atoms with E-state index in [0.717, 1.165) is 55.3 Å². The minimum atomic E-state index is -0.354. The third kappa shape index (κ3) is 5.11. The van der Waals surface area contributed by atoms with Crippen LogP contribution >= 0.6 is 0 Å². The van der Waals surface area contributed by atoms with E-state index >= 15 is 0 Å². The number of esters is 1. The molecule has 2 saturated carbocycles. The van der Waals surface area contributed by atoms with Crippen molar-refractivity contribution in [3.8, 4) is 11.1 Å². The summed E-state index contributed by atoms with van der Waals surface area (Å²) in [6.45, 7) is 4.20. The fraction of sp³-hybridized carbons (Fsp3) is 0.552. The number of halogens is 1. The van der Waals surface area contributed by atoms with Crippen molar-refractivity contribution in [2.24, 2.45) is 29.6 Å². The van der Waals surface area contributed by atoms with Gasteiger partial charge in [0.2, 0.25) is 0 Å². The number of fused-ring (bicyclic) bond motifs is 2. The molecule has 6 nitrogen and oxygen atoms in total. The van der Waals surface area contributed by atoms with E-state index in [0.29, 0.717) is 24.4 Å².